The van der Waals surface area contributed by atoms with Crippen molar-refractivity contribution in [3.05, 3.63) is 0 Å². The van der Waals surface area contributed by atoms with E-state index in [-0.39, 0.29) is 5.79 Å². The van der Waals surface area contributed by atoms with Crippen molar-refractivity contribution in [2.45, 2.75) is 97.6 Å². The van der Waals surface area contributed by atoms with Crippen molar-refractivity contribution in [2.75, 3.05) is 0 Å². The fraction of sp³-hybridized carbons (Fsp3) is 1.00. The highest BCUT2D eigenvalue weighted by Gasteiger charge is 2.51. The molecule has 3 atom stereocenters. The number of hydrogen-bond acceptors (Lipinski definition) is 2. The lowest BCUT2D eigenvalue weighted by atomic mass is 9.94. The number of hydrogen-bond donors (Lipinski definition) is 0. The molecule has 1 aliphatic heterocycles. The van der Waals surface area contributed by atoms with Crippen LogP contribution in [0.1, 0.15) is 79.6 Å². The first-order valence-electron chi connectivity index (χ1n) is 8.15. The molecule has 3 aliphatic rings. The molecule has 18 heavy (non-hydrogen) atoms. The standard InChI is InChI=1S/C12H20O2.2C2H6/c1-9-5-6-10-11(9)14-12(13-10)7-3-2-4-8-12;2*1-2/h9-11H,2-8H2,1H3;2*1-2H3. The van der Waals surface area contributed by atoms with Crippen molar-refractivity contribution in [3.8, 4) is 0 Å². The zero-order valence-corrected chi connectivity index (χ0v) is 13.0. The molecule has 0 N–H and O–H groups in total. The van der Waals surface area contributed by atoms with Gasteiger partial charge in [0.15, 0.2) is 5.79 Å². The minimum absolute atomic E-state index is 0.151. The molecule has 2 nitrogen and oxygen atoms in total. The summed E-state index contributed by atoms with van der Waals surface area (Å²) in [5.41, 5.74) is 0. The van der Waals surface area contributed by atoms with E-state index in [2.05, 4.69) is 6.92 Å². The largest absolute Gasteiger partial charge is 0.344 e. The highest BCUT2D eigenvalue weighted by molar-refractivity contribution is 4.94. The Kier molecular flexibility index (Phi) is 6.65. The Morgan fingerprint density at radius 3 is 2.00 bits per heavy atom. The molecule has 0 aromatic rings. The van der Waals surface area contributed by atoms with Crippen LogP contribution < -0.4 is 0 Å². The molecule has 2 heteroatoms. The Hall–Kier alpha value is -0.0800. The van der Waals surface area contributed by atoms with Gasteiger partial charge in [0, 0.05) is 12.8 Å². The van der Waals surface area contributed by atoms with E-state index in [1.165, 1.54) is 32.1 Å². The highest BCUT2D eigenvalue weighted by Crippen LogP contribution is 2.47. The topological polar surface area (TPSA) is 18.5 Å². The molecule has 1 saturated heterocycles. The van der Waals surface area contributed by atoms with Crippen LogP contribution in [0.4, 0.5) is 0 Å². The first-order chi connectivity index (χ1) is 8.79. The normalized spacial score (nSPS) is 36.2. The lowest BCUT2D eigenvalue weighted by molar-refractivity contribution is -0.201. The van der Waals surface area contributed by atoms with Crippen LogP contribution in [0.15, 0.2) is 0 Å². The van der Waals surface area contributed by atoms with E-state index in [0.29, 0.717) is 18.1 Å². The van der Waals surface area contributed by atoms with Gasteiger partial charge in [-0.25, -0.2) is 0 Å². The van der Waals surface area contributed by atoms with Crippen LogP contribution >= 0.6 is 0 Å². The van der Waals surface area contributed by atoms with Crippen LogP contribution in [-0.2, 0) is 9.47 Å². The van der Waals surface area contributed by atoms with Gasteiger partial charge >= 0.3 is 0 Å². The second-order valence-corrected chi connectivity index (χ2v) is 5.26. The molecule has 0 aromatic carbocycles. The fourth-order valence-electron chi connectivity index (χ4n) is 3.32. The number of ether oxygens (including phenoxy) is 2. The molecule has 3 unspecified atom stereocenters. The Balaban J connectivity index is 0.000000371. The molecule has 0 amide bonds. The molecular formula is C16H32O2. The predicted octanol–water partition coefficient (Wildman–Crippen LogP) is 4.91. The molecule has 108 valence electrons. The third-order valence-electron chi connectivity index (χ3n) is 4.17. The van der Waals surface area contributed by atoms with Gasteiger partial charge in [-0.05, 0) is 31.6 Å². The second-order valence-electron chi connectivity index (χ2n) is 5.26. The van der Waals surface area contributed by atoms with Crippen molar-refractivity contribution in [2.24, 2.45) is 5.92 Å². The van der Waals surface area contributed by atoms with Gasteiger partial charge in [-0.1, -0.05) is 41.0 Å². The minimum Gasteiger partial charge on any atom is -0.344 e. The van der Waals surface area contributed by atoms with Crippen LogP contribution in [-0.4, -0.2) is 18.0 Å². The van der Waals surface area contributed by atoms with E-state index in [9.17, 15) is 0 Å². The summed E-state index contributed by atoms with van der Waals surface area (Å²) in [6.45, 7) is 10.3. The number of rotatable bonds is 0. The zero-order chi connectivity index (χ0) is 13.6. The summed E-state index contributed by atoms with van der Waals surface area (Å²) in [5, 5.41) is 0. The highest BCUT2D eigenvalue weighted by atomic mass is 16.8. The van der Waals surface area contributed by atoms with Crippen molar-refractivity contribution in [3.63, 3.8) is 0 Å². The summed E-state index contributed by atoms with van der Waals surface area (Å²) in [6.07, 6.45) is 9.52. The Morgan fingerprint density at radius 1 is 0.833 bits per heavy atom. The van der Waals surface area contributed by atoms with Gasteiger partial charge in [-0.2, -0.15) is 0 Å². The summed E-state index contributed by atoms with van der Waals surface area (Å²) in [5.74, 6) is 0.559. The fourth-order valence-corrected chi connectivity index (χ4v) is 3.32. The van der Waals surface area contributed by atoms with Gasteiger partial charge in [0.25, 0.3) is 0 Å². The lowest BCUT2D eigenvalue weighted by Gasteiger charge is -2.33. The Labute approximate surface area is 113 Å². The van der Waals surface area contributed by atoms with E-state index in [1.54, 1.807) is 0 Å². The third kappa shape index (κ3) is 3.27. The van der Waals surface area contributed by atoms with Crippen molar-refractivity contribution in [1.29, 1.82) is 0 Å². The Bertz CT molecular complexity index is 221. The van der Waals surface area contributed by atoms with Gasteiger partial charge < -0.3 is 9.47 Å². The lowest BCUT2D eigenvalue weighted by Crippen LogP contribution is -2.34. The quantitative estimate of drug-likeness (QED) is 0.613. The molecule has 0 bridgehead atoms. The smallest absolute Gasteiger partial charge is 0.169 e. The maximum absolute atomic E-state index is 6.20. The first kappa shape index (κ1) is 16.0. The molecule has 0 aromatic heterocycles. The SMILES string of the molecule is CC.CC.CC1CCC2OC3(CCCCC3)OC12. The summed E-state index contributed by atoms with van der Waals surface area (Å²) < 4.78 is 12.4. The molecule has 0 radical (unpaired) electrons. The summed E-state index contributed by atoms with van der Waals surface area (Å²) in [6, 6.07) is 0. The maximum Gasteiger partial charge on any atom is 0.169 e. The van der Waals surface area contributed by atoms with Crippen molar-refractivity contribution >= 4 is 0 Å². The van der Waals surface area contributed by atoms with Gasteiger partial charge in [-0.3, -0.25) is 0 Å². The number of fused-ring (bicyclic) bond motifs is 1. The van der Waals surface area contributed by atoms with Crippen LogP contribution in [0.3, 0.4) is 0 Å². The maximum atomic E-state index is 6.20. The van der Waals surface area contributed by atoms with E-state index in [4.69, 9.17) is 9.47 Å². The molecule has 1 spiro atoms. The van der Waals surface area contributed by atoms with E-state index >= 15 is 0 Å². The average Bonchev–Trinajstić information content (AvgIpc) is 2.95. The van der Waals surface area contributed by atoms with E-state index < -0.39 is 0 Å². The van der Waals surface area contributed by atoms with Gasteiger partial charge in [0.05, 0.1) is 12.2 Å². The average molecular weight is 256 g/mol. The monoisotopic (exact) mass is 256 g/mol. The van der Waals surface area contributed by atoms with Crippen LogP contribution in [0, 0.1) is 5.92 Å². The van der Waals surface area contributed by atoms with E-state index in [1.807, 2.05) is 27.7 Å². The molecule has 2 saturated carbocycles. The summed E-state index contributed by atoms with van der Waals surface area (Å²) in [4.78, 5) is 0. The van der Waals surface area contributed by atoms with Crippen LogP contribution in [0.5, 0.6) is 0 Å². The predicted molar refractivity (Wildman–Crippen MR) is 76.7 cm³/mol. The molecule has 1 heterocycles. The first-order valence-corrected chi connectivity index (χ1v) is 8.15. The summed E-state index contributed by atoms with van der Waals surface area (Å²) >= 11 is 0. The molecular weight excluding hydrogens is 224 g/mol. The third-order valence-corrected chi connectivity index (χ3v) is 4.17. The van der Waals surface area contributed by atoms with Gasteiger partial charge in [-0.15, -0.1) is 0 Å². The zero-order valence-electron chi connectivity index (χ0n) is 13.0. The minimum atomic E-state index is -0.151. The Morgan fingerprint density at radius 2 is 1.44 bits per heavy atom. The molecule has 3 fully saturated rings. The summed E-state index contributed by atoms with van der Waals surface area (Å²) in [7, 11) is 0. The second kappa shape index (κ2) is 7.49. The van der Waals surface area contributed by atoms with Gasteiger partial charge in [0.1, 0.15) is 0 Å². The van der Waals surface area contributed by atoms with Gasteiger partial charge in [0.2, 0.25) is 0 Å². The van der Waals surface area contributed by atoms with Crippen molar-refractivity contribution < 1.29 is 9.47 Å². The van der Waals surface area contributed by atoms with Crippen LogP contribution in [0.25, 0.3) is 0 Å². The van der Waals surface area contributed by atoms with E-state index in [0.717, 1.165) is 12.8 Å². The van der Waals surface area contributed by atoms with Crippen LogP contribution in [0.2, 0.25) is 0 Å². The molecule has 3 rings (SSSR count). The van der Waals surface area contributed by atoms with Crippen molar-refractivity contribution in [1.82, 2.24) is 0 Å². The molecule has 2 aliphatic carbocycles.